The minimum absolute atomic E-state index is 0.0796. The van der Waals surface area contributed by atoms with Crippen LogP contribution in [0.4, 0.5) is 0 Å². The number of rotatable bonds is 6. The van der Waals surface area contributed by atoms with Gasteiger partial charge in [-0.1, -0.05) is 42.1 Å². The number of H-pyrrole nitrogens is 1. The number of aromatic nitrogens is 2. The van der Waals surface area contributed by atoms with Gasteiger partial charge in [-0.05, 0) is 5.56 Å². The van der Waals surface area contributed by atoms with E-state index in [1.165, 1.54) is 18.2 Å². The Bertz CT molecular complexity index is 926. The van der Waals surface area contributed by atoms with Crippen molar-refractivity contribution < 1.29 is 14.3 Å². The summed E-state index contributed by atoms with van der Waals surface area (Å²) in [5.74, 6) is -0.581. The zero-order valence-electron chi connectivity index (χ0n) is 14.7. The Morgan fingerprint density at radius 2 is 2.07 bits per heavy atom. The molecule has 1 aromatic heterocycles. The van der Waals surface area contributed by atoms with Crippen LogP contribution in [-0.4, -0.2) is 52.0 Å². The van der Waals surface area contributed by atoms with Gasteiger partial charge in [-0.2, -0.15) is 5.10 Å². The lowest BCUT2D eigenvalue weighted by atomic mass is 10.1. The summed E-state index contributed by atoms with van der Waals surface area (Å²) >= 11 is 1.10. The maximum atomic E-state index is 12.4. The van der Waals surface area contributed by atoms with Crippen LogP contribution in [0.1, 0.15) is 17.7 Å². The predicted octanol–water partition coefficient (Wildman–Crippen LogP) is 1.21. The van der Waals surface area contributed by atoms with Crippen molar-refractivity contribution >= 4 is 29.4 Å². The maximum Gasteiger partial charge on any atom is 0.311 e. The van der Waals surface area contributed by atoms with E-state index in [2.05, 4.69) is 19.8 Å². The zero-order chi connectivity index (χ0) is 19.2. The molecule has 140 valence electrons. The molecule has 3 rings (SSSR count). The fourth-order valence-electron chi connectivity index (χ4n) is 2.54. The maximum absolute atomic E-state index is 12.4. The average Bonchev–Trinajstić information content (AvgIpc) is 3.16. The van der Waals surface area contributed by atoms with Crippen LogP contribution >= 0.6 is 11.8 Å². The summed E-state index contributed by atoms with van der Waals surface area (Å²) in [4.78, 5) is 42.2. The molecule has 0 unspecified atom stereocenters. The molecule has 0 saturated carbocycles. The number of hydrogen-bond acceptors (Lipinski definition) is 7. The SMILES string of the molecule is COC(=O)Cc1cc(=O)[nH]c(SCC(=O)N2CCC(c3ccccc3)=N2)n1. The molecule has 1 aliphatic rings. The second-order valence-corrected chi connectivity index (χ2v) is 6.73. The van der Waals surface area contributed by atoms with Crippen molar-refractivity contribution in [2.24, 2.45) is 5.10 Å². The van der Waals surface area contributed by atoms with Crippen molar-refractivity contribution in [2.45, 2.75) is 18.0 Å². The van der Waals surface area contributed by atoms with Crippen molar-refractivity contribution in [1.29, 1.82) is 0 Å². The Hall–Kier alpha value is -2.94. The molecule has 0 aliphatic carbocycles. The predicted molar refractivity (Wildman–Crippen MR) is 101 cm³/mol. The number of thioether (sulfide) groups is 1. The van der Waals surface area contributed by atoms with Crippen LogP contribution in [0.2, 0.25) is 0 Å². The van der Waals surface area contributed by atoms with E-state index in [-0.39, 0.29) is 28.8 Å². The van der Waals surface area contributed by atoms with E-state index in [1.807, 2.05) is 30.3 Å². The normalized spacial score (nSPS) is 13.4. The van der Waals surface area contributed by atoms with Gasteiger partial charge in [0.2, 0.25) is 0 Å². The number of ether oxygens (including phenoxy) is 1. The van der Waals surface area contributed by atoms with Crippen LogP contribution in [0.3, 0.4) is 0 Å². The van der Waals surface area contributed by atoms with Gasteiger partial charge in [-0.15, -0.1) is 0 Å². The second-order valence-electron chi connectivity index (χ2n) is 5.76. The Morgan fingerprint density at radius 1 is 1.30 bits per heavy atom. The van der Waals surface area contributed by atoms with Gasteiger partial charge in [0, 0.05) is 12.5 Å². The van der Waals surface area contributed by atoms with Gasteiger partial charge in [0.05, 0.1) is 37.2 Å². The number of hydrogen-bond donors (Lipinski definition) is 1. The minimum Gasteiger partial charge on any atom is -0.469 e. The molecule has 2 heterocycles. The summed E-state index contributed by atoms with van der Waals surface area (Å²) in [5.41, 5.74) is 1.79. The van der Waals surface area contributed by atoms with Crippen LogP contribution in [0.25, 0.3) is 0 Å². The van der Waals surface area contributed by atoms with E-state index in [4.69, 9.17) is 0 Å². The molecule has 2 aromatic rings. The number of nitrogens with zero attached hydrogens (tertiary/aromatic N) is 3. The summed E-state index contributed by atoms with van der Waals surface area (Å²) in [7, 11) is 1.27. The number of hydrazone groups is 1. The summed E-state index contributed by atoms with van der Waals surface area (Å²) < 4.78 is 4.57. The molecule has 0 bridgehead atoms. The first-order chi connectivity index (χ1) is 13.0. The van der Waals surface area contributed by atoms with Gasteiger partial charge in [-0.3, -0.25) is 14.4 Å². The summed E-state index contributed by atoms with van der Waals surface area (Å²) in [5, 5.41) is 6.10. The molecular weight excluding hydrogens is 368 g/mol. The quantitative estimate of drug-likeness (QED) is 0.455. The van der Waals surface area contributed by atoms with Crippen molar-refractivity contribution in [3.8, 4) is 0 Å². The molecule has 1 N–H and O–H groups in total. The summed E-state index contributed by atoms with van der Waals surface area (Å²) in [6, 6.07) is 11.0. The highest BCUT2D eigenvalue weighted by Gasteiger charge is 2.21. The molecule has 1 aromatic carbocycles. The van der Waals surface area contributed by atoms with E-state index < -0.39 is 5.97 Å². The number of benzene rings is 1. The Morgan fingerprint density at radius 3 is 2.81 bits per heavy atom. The zero-order valence-corrected chi connectivity index (χ0v) is 15.5. The van der Waals surface area contributed by atoms with Crippen molar-refractivity contribution in [1.82, 2.24) is 15.0 Å². The molecule has 1 aliphatic heterocycles. The standard InChI is InChI=1S/C18H18N4O4S/c1-26-17(25)10-13-9-15(23)20-18(19-13)27-11-16(24)22-8-7-14(21-22)12-5-3-2-4-6-12/h2-6,9H,7-8,10-11H2,1H3,(H,19,20,23). The third-order valence-corrected chi connectivity index (χ3v) is 4.71. The van der Waals surface area contributed by atoms with Gasteiger partial charge in [0.15, 0.2) is 5.16 Å². The third-order valence-electron chi connectivity index (χ3n) is 3.86. The number of esters is 1. The van der Waals surface area contributed by atoms with E-state index in [0.29, 0.717) is 18.7 Å². The first-order valence-corrected chi connectivity index (χ1v) is 9.27. The Labute approximate surface area is 159 Å². The van der Waals surface area contributed by atoms with E-state index in [0.717, 1.165) is 23.0 Å². The molecule has 8 nitrogen and oxygen atoms in total. The first-order valence-electron chi connectivity index (χ1n) is 8.28. The number of carbonyl (C=O) groups is 2. The second kappa shape index (κ2) is 8.63. The lowest BCUT2D eigenvalue weighted by Gasteiger charge is -2.10. The number of amides is 1. The van der Waals surface area contributed by atoms with Crippen LogP contribution < -0.4 is 5.56 Å². The highest BCUT2D eigenvalue weighted by molar-refractivity contribution is 7.99. The lowest BCUT2D eigenvalue weighted by Crippen LogP contribution is -2.25. The number of aromatic amines is 1. The van der Waals surface area contributed by atoms with E-state index in [1.54, 1.807) is 0 Å². The first kappa shape index (κ1) is 18.8. The summed E-state index contributed by atoms with van der Waals surface area (Å²) in [6.45, 7) is 0.524. The largest absolute Gasteiger partial charge is 0.469 e. The average molecular weight is 386 g/mol. The number of methoxy groups -OCH3 is 1. The molecule has 0 spiro atoms. The Balaban J connectivity index is 1.62. The smallest absolute Gasteiger partial charge is 0.311 e. The molecule has 0 radical (unpaired) electrons. The number of nitrogens with one attached hydrogen (secondary N) is 1. The van der Waals surface area contributed by atoms with Gasteiger partial charge < -0.3 is 9.72 Å². The molecular formula is C18H18N4O4S. The highest BCUT2D eigenvalue weighted by Crippen LogP contribution is 2.17. The Kier molecular flexibility index (Phi) is 6.02. The lowest BCUT2D eigenvalue weighted by molar-refractivity contribution is -0.139. The van der Waals surface area contributed by atoms with Gasteiger partial charge >= 0.3 is 5.97 Å². The van der Waals surface area contributed by atoms with Gasteiger partial charge in [-0.25, -0.2) is 9.99 Å². The molecule has 0 fully saturated rings. The topological polar surface area (TPSA) is 105 Å². The van der Waals surface area contributed by atoms with Gasteiger partial charge in [0.25, 0.3) is 11.5 Å². The fourth-order valence-corrected chi connectivity index (χ4v) is 3.30. The van der Waals surface area contributed by atoms with Crippen LogP contribution in [0.5, 0.6) is 0 Å². The molecule has 1 amide bonds. The fraction of sp³-hybridized carbons (Fsp3) is 0.278. The van der Waals surface area contributed by atoms with Gasteiger partial charge in [0.1, 0.15) is 0 Å². The summed E-state index contributed by atoms with van der Waals surface area (Å²) in [6.07, 6.45) is 0.600. The van der Waals surface area contributed by atoms with Crippen LogP contribution in [0.15, 0.2) is 51.5 Å². The van der Waals surface area contributed by atoms with E-state index in [9.17, 15) is 14.4 Å². The number of carbonyl (C=O) groups excluding carboxylic acids is 2. The van der Waals surface area contributed by atoms with Crippen LogP contribution in [0, 0.1) is 0 Å². The van der Waals surface area contributed by atoms with Crippen molar-refractivity contribution in [2.75, 3.05) is 19.4 Å². The van der Waals surface area contributed by atoms with E-state index >= 15 is 0 Å². The molecule has 0 saturated heterocycles. The minimum atomic E-state index is -0.486. The van der Waals surface area contributed by atoms with Crippen LogP contribution in [-0.2, 0) is 20.7 Å². The molecule has 0 atom stereocenters. The van der Waals surface area contributed by atoms with Crippen molar-refractivity contribution in [3.63, 3.8) is 0 Å². The monoisotopic (exact) mass is 386 g/mol. The third kappa shape index (κ3) is 5.04. The molecule has 27 heavy (non-hydrogen) atoms. The van der Waals surface area contributed by atoms with Crippen molar-refractivity contribution in [3.05, 3.63) is 58.0 Å². The molecule has 9 heteroatoms. The highest BCUT2D eigenvalue weighted by atomic mass is 32.2.